The number of anilines is 1. The van der Waals surface area contributed by atoms with Crippen molar-refractivity contribution in [2.24, 2.45) is 5.92 Å². The van der Waals surface area contributed by atoms with Crippen LogP contribution in [0.2, 0.25) is 0 Å². The molecule has 1 atom stereocenters. The van der Waals surface area contributed by atoms with Crippen molar-refractivity contribution in [3.05, 3.63) is 17.1 Å². The van der Waals surface area contributed by atoms with Crippen LogP contribution in [-0.4, -0.2) is 22.6 Å². The van der Waals surface area contributed by atoms with Gasteiger partial charge in [-0.25, -0.2) is 0 Å². The van der Waals surface area contributed by atoms with Gasteiger partial charge in [0.25, 0.3) is 5.91 Å². The third kappa shape index (κ3) is 2.43. The Hall–Kier alpha value is -1.69. The zero-order valence-corrected chi connectivity index (χ0v) is 11.3. The summed E-state index contributed by atoms with van der Waals surface area (Å²) >= 11 is 1.28. The van der Waals surface area contributed by atoms with Crippen molar-refractivity contribution in [3.8, 4) is 0 Å². The number of carbonyl (C=O) groups is 1. The van der Waals surface area contributed by atoms with Gasteiger partial charge >= 0.3 is 0 Å². The predicted molar refractivity (Wildman–Crippen MR) is 73.6 cm³/mol. The van der Waals surface area contributed by atoms with Crippen LogP contribution < -0.4 is 11.1 Å². The van der Waals surface area contributed by atoms with Crippen molar-refractivity contribution in [3.63, 3.8) is 0 Å². The molecule has 3 N–H and O–H groups in total. The largest absolute Gasteiger partial charge is 0.397 e. The van der Waals surface area contributed by atoms with E-state index in [1.807, 2.05) is 0 Å². The summed E-state index contributed by atoms with van der Waals surface area (Å²) in [7, 11) is 0. The van der Waals surface area contributed by atoms with Crippen LogP contribution in [-0.2, 0) is 0 Å². The first-order valence-corrected chi connectivity index (χ1v) is 6.73. The molecule has 5 nitrogen and oxygen atoms in total. The second-order valence-corrected chi connectivity index (χ2v) is 5.32. The molecule has 0 aliphatic rings. The van der Waals surface area contributed by atoms with Crippen molar-refractivity contribution >= 4 is 33.1 Å². The van der Waals surface area contributed by atoms with Gasteiger partial charge in [-0.15, -0.1) is 16.4 Å². The molecule has 0 aliphatic carbocycles. The minimum atomic E-state index is -0.129. The molecule has 0 spiro atoms. The Bertz CT molecular complexity index is 566. The third-order valence-electron chi connectivity index (χ3n) is 2.93. The number of fused-ring (bicyclic) bond motifs is 1. The molecule has 0 saturated heterocycles. The van der Waals surface area contributed by atoms with Crippen LogP contribution in [0.3, 0.4) is 0 Å². The summed E-state index contributed by atoms with van der Waals surface area (Å²) < 4.78 is 0. The number of carbonyl (C=O) groups excluding carboxylic acids is 1. The molecule has 0 aromatic carbocycles. The number of aromatic nitrogens is 2. The van der Waals surface area contributed by atoms with Crippen LogP contribution in [0, 0.1) is 5.92 Å². The van der Waals surface area contributed by atoms with Crippen molar-refractivity contribution in [1.29, 1.82) is 0 Å². The van der Waals surface area contributed by atoms with E-state index in [1.54, 1.807) is 12.3 Å². The maximum absolute atomic E-state index is 12.0. The maximum Gasteiger partial charge on any atom is 0.263 e. The molecule has 0 saturated carbocycles. The van der Waals surface area contributed by atoms with Crippen molar-refractivity contribution in [1.82, 2.24) is 15.5 Å². The van der Waals surface area contributed by atoms with E-state index in [9.17, 15) is 4.79 Å². The molecule has 0 bridgehead atoms. The Labute approximate surface area is 109 Å². The summed E-state index contributed by atoms with van der Waals surface area (Å²) in [4.78, 5) is 13.2. The lowest BCUT2D eigenvalue weighted by molar-refractivity contribution is 0.0953. The number of amides is 1. The van der Waals surface area contributed by atoms with Gasteiger partial charge in [0.2, 0.25) is 0 Å². The van der Waals surface area contributed by atoms with Crippen LogP contribution in [0.5, 0.6) is 0 Å². The zero-order valence-electron chi connectivity index (χ0n) is 10.4. The zero-order chi connectivity index (χ0) is 13.1. The van der Waals surface area contributed by atoms with Gasteiger partial charge in [-0.2, -0.15) is 5.10 Å². The molecule has 0 radical (unpaired) electrons. The van der Waals surface area contributed by atoms with E-state index in [-0.39, 0.29) is 5.91 Å². The molecule has 0 aliphatic heterocycles. The quantitative estimate of drug-likeness (QED) is 0.885. The molecular formula is C12H16N4OS. The Morgan fingerprint density at radius 3 is 3.06 bits per heavy atom. The van der Waals surface area contributed by atoms with Crippen LogP contribution >= 0.6 is 11.3 Å². The van der Waals surface area contributed by atoms with Crippen LogP contribution in [0.15, 0.2) is 12.3 Å². The van der Waals surface area contributed by atoms with Gasteiger partial charge in [-0.1, -0.05) is 20.3 Å². The SMILES string of the molecule is CCC(C)CNC(=O)c1sc2nnccc2c1N. The molecule has 6 heteroatoms. The number of hydrogen-bond donors (Lipinski definition) is 2. The summed E-state index contributed by atoms with van der Waals surface area (Å²) in [6, 6.07) is 1.78. The van der Waals surface area contributed by atoms with Crippen molar-refractivity contribution in [2.75, 3.05) is 12.3 Å². The number of nitrogens with one attached hydrogen (secondary N) is 1. The van der Waals surface area contributed by atoms with Crippen LogP contribution in [0.1, 0.15) is 29.9 Å². The van der Waals surface area contributed by atoms with Gasteiger partial charge in [0.05, 0.1) is 11.9 Å². The van der Waals surface area contributed by atoms with Gasteiger partial charge in [-0.3, -0.25) is 4.79 Å². The van der Waals surface area contributed by atoms with Gasteiger partial charge in [0.1, 0.15) is 9.71 Å². The fraction of sp³-hybridized carbons (Fsp3) is 0.417. The number of rotatable bonds is 4. The number of thiophene rings is 1. The van der Waals surface area contributed by atoms with E-state index >= 15 is 0 Å². The van der Waals surface area contributed by atoms with E-state index in [0.717, 1.165) is 11.8 Å². The fourth-order valence-electron chi connectivity index (χ4n) is 1.53. The summed E-state index contributed by atoms with van der Waals surface area (Å²) in [6.45, 7) is 4.86. The van der Waals surface area contributed by atoms with E-state index < -0.39 is 0 Å². The lowest BCUT2D eigenvalue weighted by Crippen LogP contribution is -2.27. The van der Waals surface area contributed by atoms with E-state index in [4.69, 9.17) is 5.73 Å². The summed E-state index contributed by atoms with van der Waals surface area (Å²) in [5.74, 6) is 0.333. The average Bonchev–Trinajstić information content (AvgIpc) is 2.73. The topological polar surface area (TPSA) is 80.9 Å². The normalized spacial score (nSPS) is 12.6. The van der Waals surface area contributed by atoms with Gasteiger partial charge < -0.3 is 11.1 Å². The van der Waals surface area contributed by atoms with Gasteiger partial charge in [-0.05, 0) is 12.0 Å². The monoisotopic (exact) mass is 264 g/mol. The minimum absolute atomic E-state index is 0.129. The Morgan fingerprint density at radius 2 is 2.39 bits per heavy atom. The van der Waals surface area contributed by atoms with Crippen LogP contribution in [0.25, 0.3) is 10.2 Å². The third-order valence-corrected chi connectivity index (χ3v) is 4.04. The first-order chi connectivity index (χ1) is 8.63. The molecule has 2 rings (SSSR count). The Kier molecular flexibility index (Phi) is 3.76. The minimum Gasteiger partial charge on any atom is -0.397 e. The van der Waals surface area contributed by atoms with Crippen molar-refractivity contribution in [2.45, 2.75) is 20.3 Å². The van der Waals surface area contributed by atoms with E-state index in [1.165, 1.54) is 11.3 Å². The molecule has 2 aromatic rings. The molecule has 1 unspecified atom stereocenters. The molecular weight excluding hydrogens is 248 g/mol. The highest BCUT2D eigenvalue weighted by Crippen LogP contribution is 2.31. The van der Waals surface area contributed by atoms with Crippen molar-refractivity contribution < 1.29 is 4.79 Å². The second kappa shape index (κ2) is 5.30. The maximum atomic E-state index is 12.0. The first-order valence-electron chi connectivity index (χ1n) is 5.91. The molecule has 96 valence electrons. The summed E-state index contributed by atoms with van der Waals surface area (Å²) in [6.07, 6.45) is 2.61. The lowest BCUT2D eigenvalue weighted by atomic mass is 10.1. The highest BCUT2D eigenvalue weighted by atomic mass is 32.1. The second-order valence-electron chi connectivity index (χ2n) is 4.32. The Balaban J connectivity index is 2.20. The molecule has 0 fully saturated rings. The number of nitrogen functional groups attached to an aromatic ring is 1. The smallest absolute Gasteiger partial charge is 0.263 e. The Morgan fingerprint density at radius 1 is 1.61 bits per heavy atom. The van der Waals surface area contributed by atoms with Gasteiger partial charge in [0, 0.05) is 11.9 Å². The lowest BCUT2D eigenvalue weighted by Gasteiger charge is -2.09. The van der Waals surface area contributed by atoms with Crippen LogP contribution in [0.4, 0.5) is 5.69 Å². The first kappa shape index (κ1) is 12.8. The summed E-state index contributed by atoms with van der Waals surface area (Å²) in [5, 5.41) is 11.4. The highest BCUT2D eigenvalue weighted by Gasteiger charge is 2.17. The average molecular weight is 264 g/mol. The molecule has 18 heavy (non-hydrogen) atoms. The number of hydrogen-bond acceptors (Lipinski definition) is 5. The molecule has 2 heterocycles. The summed E-state index contributed by atoms with van der Waals surface area (Å²) in [5.41, 5.74) is 6.45. The van der Waals surface area contributed by atoms with E-state index in [0.29, 0.717) is 27.9 Å². The highest BCUT2D eigenvalue weighted by molar-refractivity contribution is 7.21. The van der Waals surface area contributed by atoms with Gasteiger partial charge in [0.15, 0.2) is 0 Å². The predicted octanol–water partition coefficient (Wildman–Crippen LogP) is 2.05. The number of nitrogens with zero attached hydrogens (tertiary/aromatic N) is 2. The fourth-order valence-corrected chi connectivity index (χ4v) is 2.49. The standard InChI is InChI=1S/C12H16N4OS/c1-3-7(2)6-14-11(17)10-9(13)8-4-5-15-16-12(8)18-10/h4-5,7H,3,6,13H2,1-2H3,(H,14,17). The molecule has 2 aromatic heterocycles. The molecule has 1 amide bonds. The van der Waals surface area contributed by atoms with E-state index in [2.05, 4.69) is 29.4 Å². The number of nitrogens with two attached hydrogens (primary N) is 1.